The Morgan fingerprint density at radius 2 is 2.10 bits per heavy atom. The summed E-state index contributed by atoms with van der Waals surface area (Å²) in [6, 6.07) is 16.0. The minimum absolute atomic E-state index is 0.0161. The molecule has 1 fully saturated rings. The van der Waals surface area contributed by atoms with Crippen molar-refractivity contribution in [1.29, 1.82) is 0 Å². The minimum atomic E-state index is 0.0161. The van der Waals surface area contributed by atoms with E-state index in [0.29, 0.717) is 36.3 Å². The van der Waals surface area contributed by atoms with Crippen molar-refractivity contribution in [2.45, 2.75) is 19.3 Å². The summed E-state index contributed by atoms with van der Waals surface area (Å²) in [6.45, 7) is 1.50. The molecule has 0 N–H and O–H groups in total. The Bertz CT molecular complexity index is 1170. The molecule has 158 valence electrons. The molecule has 31 heavy (non-hydrogen) atoms. The number of hydrogen-bond donors (Lipinski definition) is 0. The molecule has 3 heterocycles. The van der Waals surface area contributed by atoms with Crippen molar-refractivity contribution in [3.05, 3.63) is 65.2 Å². The van der Waals surface area contributed by atoms with Crippen LogP contribution in [0.3, 0.4) is 0 Å². The van der Waals surface area contributed by atoms with Crippen LogP contribution in [0.4, 0.5) is 0 Å². The van der Waals surface area contributed by atoms with E-state index in [4.69, 9.17) is 9.26 Å². The number of piperidine rings is 1. The van der Waals surface area contributed by atoms with Crippen LogP contribution in [0.25, 0.3) is 22.2 Å². The monoisotopic (exact) mass is 433 g/mol. The summed E-state index contributed by atoms with van der Waals surface area (Å²) in [5.74, 6) is 2.31. The Morgan fingerprint density at radius 3 is 2.97 bits per heavy atom. The highest BCUT2D eigenvalue weighted by Crippen LogP contribution is 2.24. The van der Waals surface area contributed by atoms with E-state index in [0.717, 1.165) is 35.7 Å². The zero-order valence-corrected chi connectivity index (χ0v) is 17.9. The van der Waals surface area contributed by atoms with Crippen molar-refractivity contribution in [3.8, 4) is 17.1 Å². The predicted molar refractivity (Wildman–Crippen MR) is 120 cm³/mol. The molecule has 0 bridgehead atoms. The number of ether oxygens (including phenoxy) is 1. The molecule has 0 spiro atoms. The SMILES string of the molecule is O=C(COc1ccc2ccccc2c1)N1CCCC(Cc2nc(-c3ccsc3)no2)C1. The highest BCUT2D eigenvalue weighted by atomic mass is 32.1. The lowest BCUT2D eigenvalue weighted by Gasteiger charge is -2.32. The first-order chi connectivity index (χ1) is 15.2. The van der Waals surface area contributed by atoms with Gasteiger partial charge in [-0.3, -0.25) is 4.79 Å². The molecule has 5 rings (SSSR count). The lowest BCUT2D eigenvalue weighted by atomic mass is 9.95. The summed E-state index contributed by atoms with van der Waals surface area (Å²) >= 11 is 1.61. The zero-order chi connectivity index (χ0) is 21.0. The lowest BCUT2D eigenvalue weighted by molar-refractivity contribution is -0.135. The fraction of sp³-hybridized carbons (Fsp3) is 0.292. The van der Waals surface area contributed by atoms with Crippen LogP contribution in [-0.4, -0.2) is 40.6 Å². The smallest absolute Gasteiger partial charge is 0.260 e. The number of thiophene rings is 1. The van der Waals surface area contributed by atoms with Gasteiger partial charge in [0.1, 0.15) is 5.75 Å². The van der Waals surface area contributed by atoms with Crippen LogP contribution in [0.1, 0.15) is 18.7 Å². The van der Waals surface area contributed by atoms with E-state index in [9.17, 15) is 4.79 Å². The van der Waals surface area contributed by atoms with Gasteiger partial charge < -0.3 is 14.2 Å². The second kappa shape index (κ2) is 8.89. The molecule has 1 unspecified atom stereocenters. The summed E-state index contributed by atoms with van der Waals surface area (Å²) < 4.78 is 11.2. The Hall–Kier alpha value is -3.19. The third-order valence-electron chi connectivity index (χ3n) is 5.67. The van der Waals surface area contributed by atoms with Crippen molar-refractivity contribution < 1.29 is 14.1 Å². The van der Waals surface area contributed by atoms with Gasteiger partial charge in [-0.2, -0.15) is 16.3 Å². The Labute approximate surface area is 184 Å². The molecule has 1 atom stereocenters. The Morgan fingerprint density at radius 1 is 1.19 bits per heavy atom. The van der Waals surface area contributed by atoms with Gasteiger partial charge in [0.2, 0.25) is 11.7 Å². The quantitative estimate of drug-likeness (QED) is 0.436. The fourth-order valence-electron chi connectivity index (χ4n) is 4.05. The van der Waals surface area contributed by atoms with Crippen molar-refractivity contribution in [2.24, 2.45) is 5.92 Å². The molecule has 1 aliphatic rings. The summed E-state index contributed by atoms with van der Waals surface area (Å²) in [6.07, 6.45) is 2.70. The topological polar surface area (TPSA) is 68.5 Å². The highest BCUT2D eigenvalue weighted by molar-refractivity contribution is 7.08. The number of aromatic nitrogens is 2. The standard InChI is InChI=1S/C24H23N3O3S/c28-23(15-29-21-8-7-18-5-1-2-6-19(18)13-21)27-10-3-4-17(14-27)12-22-25-24(26-30-22)20-9-11-31-16-20/h1-2,5-9,11,13,16-17H,3-4,10,12,14-15H2. The first-order valence-electron chi connectivity index (χ1n) is 10.5. The molecule has 2 aromatic carbocycles. The maximum atomic E-state index is 12.7. The lowest BCUT2D eigenvalue weighted by Crippen LogP contribution is -2.42. The van der Waals surface area contributed by atoms with E-state index in [-0.39, 0.29) is 12.5 Å². The summed E-state index contributed by atoms with van der Waals surface area (Å²) in [5.41, 5.74) is 0.978. The van der Waals surface area contributed by atoms with Crippen LogP contribution >= 0.6 is 11.3 Å². The average molecular weight is 434 g/mol. The Balaban J connectivity index is 1.16. The van der Waals surface area contributed by atoms with E-state index in [1.54, 1.807) is 11.3 Å². The molecular formula is C24H23N3O3S. The van der Waals surface area contributed by atoms with Crippen molar-refractivity contribution >= 4 is 28.0 Å². The molecule has 2 aromatic heterocycles. The molecule has 1 aliphatic heterocycles. The van der Waals surface area contributed by atoms with Crippen LogP contribution in [-0.2, 0) is 11.2 Å². The number of carbonyl (C=O) groups excluding carboxylic acids is 1. The Kier molecular flexibility index (Phi) is 5.67. The van der Waals surface area contributed by atoms with Crippen LogP contribution < -0.4 is 4.74 Å². The first-order valence-corrected chi connectivity index (χ1v) is 11.4. The number of benzene rings is 2. The molecule has 1 saturated heterocycles. The molecule has 0 aliphatic carbocycles. The third-order valence-corrected chi connectivity index (χ3v) is 6.35. The largest absolute Gasteiger partial charge is 0.484 e. The van der Waals surface area contributed by atoms with Gasteiger partial charge in [-0.1, -0.05) is 35.5 Å². The van der Waals surface area contributed by atoms with Crippen LogP contribution in [0, 0.1) is 5.92 Å². The van der Waals surface area contributed by atoms with Crippen molar-refractivity contribution in [3.63, 3.8) is 0 Å². The zero-order valence-electron chi connectivity index (χ0n) is 17.1. The molecule has 0 saturated carbocycles. The maximum absolute atomic E-state index is 12.7. The summed E-state index contributed by atoms with van der Waals surface area (Å²) in [5, 5.41) is 10.3. The van der Waals surface area contributed by atoms with Gasteiger partial charge in [-0.05, 0) is 53.1 Å². The average Bonchev–Trinajstić information content (AvgIpc) is 3.50. The van der Waals surface area contributed by atoms with Crippen LogP contribution in [0.15, 0.2) is 63.8 Å². The van der Waals surface area contributed by atoms with Gasteiger partial charge >= 0.3 is 0 Å². The van der Waals surface area contributed by atoms with Gasteiger partial charge in [-0.15, -0.1) is 0 Å². The van der Waals surface area contributed by atoms with E-state index in [1.165, 1.54) is 0 Å². The summed E-state index contributed by atoms with van der Waals surface area (Å²) in [7, 11) is 0. The van der Waals surface area contributed by atoms with Crippen molar-refractivity contribution in [1.82, 2.24) is 15.0 Å². The second-order valence-corrected chi connectivity index (χ2v) is 8.65. The minimum Gasteiger partial charge on any atom is -0.484 e. The van der Waals surface area contributed by atoms with Gasteiger partial charge in [-0.25, -0.2) is 0 Å². The van der Waals surface area contributed by atoms with Crippen LogP contribution in [0.5, 0.6) is 5.75 Å². The van der Waals surface area contributed by atoms with Crippen molar-refractivity contribution in [2.75, 3.05) is 19.7 Å². The number of rotatable bonds is 6. The van der Waals surface area contributed by atoms with Gasteiger partial charge in [0.15, 0.2) is 6.61 Å². The van der Waals surface area contributed by atoms with Gasteiger partial charge in [0, 0.05) is 30.5 Å². The fourth-order valence-corrected chi connectivity index (χ4v) is 4.68. The molecule has 0 radical (unpaired) electrons. The highest BCUT2D eigenvalue weighted by Gasteiger charge is 2.26. The van der Waals surface area contributed by atoms with E-state index in [2.05, 4.69) is 16.2 Å². The molecule has 7 heteroatoms. The number of fused-ring (bicyclic) bond motifs is 1. The van der Waals surface area contributed by atoms with Gasteiger partial charge in [0.05, 0.1) is 0 Å². The molecule has 1 amide bonds. The molecular weight excluding hydrogens is 410 g/mol. The third kappa shape index (κ3) is 4.61. The maximum Gasteiger partial charge on any atom is 0.260 e. The first kappa shape index (κ1) is 19.8. The molecule has 6 nitrogen and oxygen atoms in total. The van der Waals surface area contributed by atoms with Gasteiger partial charge in [0.25, 0.3) is 5.91 Å². The van der Waals surface area contributed by atoms with E-state index in [1.807, 2.05) is 58.1 Å². The predicted octanol–water partition coefficient (Wildman–Crippen LogP) is 4.81. The van der Waals surface area contributed by atoms with E-state index >= 15 is 0 Å². The normalized spacial score (nSPS) is 16.5. The number of likely N-dealkylation sites (tertiary alicyclic amines) is 1. The van der Waals surface area contributed by atoms with E-state index < -0.39 is 0 Å². The molecule has 4 aromatic rings. The number of nitrogens with zero attached hydrogens (tertiary/aromatic N) is 3. The summed E-state index contributed by atoms with van der Waals surface area (Å²) in [4.78, 5) is 19.2. The second-order valence-electron chi connectivity index (χ2n) is 7.87. The number of hydrogen-bond acceptors (Lipinski definition) is 6. The number of carbonyl (C=O) groups is 1. The van der Waals surface area contributed by atoms with Crippen LogP contribution in [0.2, 0.25) is 0 Å². The number of amides is 1.